The van der Waals surface area contributed by atoms with Crippen LogP contribution in [0.1, 0.15) is 28.7 Å². The van der Waals surface area contributed by atoms with Crippen molar-refractivity contribution in [2.45, 2.75) is 20.3 Å². The minimum absolute atomic E-state index is 0.244. The predicted octanol–water partition coefficient (Wildman–Crippen LogP) is 3.46. The molecule has 4 rings (SSSR count). The summed E-state index contributed by atoms with van der Waals surface area (Å²) in [6.07, 6.45) is 5.87. The Bertz CT molecular complexity index is 1200. The van der Waals surface area contributed by atoms with Crippen LogP contribution >= 0.6 is 0 Å². The molecular weight excluding hydrogens is 378 g/mol. The van der Waals surface area contributed by atoms with E-state index in [1.807, 2.05) is 44.3 Å². The Labute approximate surface area is 174 Å². The molecule has 0 radical (unpaired) electrons. The fraction of sp³-hybridized carbons (Fsp3) is 0.182. The first-order chi connectivity index (χ1) is 14.5. The third-order valence-corrected chi connectivity index (χ3v) is 4.64. The standard InChI is InChI=1S/C22H21N7O/c1-4-17-16(15-8-6-5-7-9-15)13-24-22(25-17)27-21(30)19-14(2)12-23-20(26-19)18-10-11-29(3)28-18/h5-13H,4H2,1-3H3,(H,24,25,27,30). The smallest absolute Gasteiger partial charge is 0.277 e. The zero-order valence-corrected chi connectivity index (χ0v) is 17.0. The van der Waals surface area contributed by atoms with Crippen LogP contribution in [0.4, 0.5) is 5.95 Å². The summed E-state index contributed by atoms with van der Waals surface area (Å²) in [5.74, 6) is 0.247. The van der Waals surface area contributed by atoms with E-state index in [0.717, 1.165) is 16.8 Å². The first-order valence-electron chi connectivity index (χ1n) is 9.61. The maximum Gasteiger partial charge on any atom is 0.277 e. The molecule has 1 aromatic carbocycles. The average molecular weight is 399 g/mol. The number of benzene rings is 1. The number of hydrogen-bond acceptors (Lipinski definition) is 6. The molecule has 150 valence electrons. The van der Waals surface area contributed by atoms with E-state index in [1.54, 1.807) is 36.3 Å². The van der Waals surface area contributed by atoms with Crippen LogP contribution in [0.25, 0.3) is 22.6 Å². The van der Waals surface area contributed by atoms with Crippen LogP contribution in [-0.4, -0.2) is 35.6 Å². The molecule has 0 unspecified atom stereocenters. The molecule has 0 aliphatic carbocycles. The maximum atomic E-state index is 12.9. The quantitative estimate of drug-likeness (QED) is 0.552. The van der Waals surface area contributed by atoms with Gasteiger partial charge >= 0.3 is 0 Å². The normalized spacial score (nSPS) is 10.8. The lowest BCUT2D eigenvalue weighted by Crippen LogP contribution is -2.18. The highest BCUT2D eigenvalue weighted by atomic mass is 16.2. The van der Waals surface area contributed by atoms with E-state index in [0.29, 0.717) is 23.5 Å². The first-order valence-corrected chi connectivity index (χ1v) is 9.61. The lowest BCUT2D eigenvalue weighted by Gasteiger charge is -2.10. The third kappa shape index (κ3) is 3.93. The minimum atomic E-state index is -0.387. The molecule has 3 aromatic heterocycles. The maximum absolute atomic E-state index is 12.9. The number of aryl methyl sites for hydroxylation is 3. The van der Waals surface area contributed by atoms with Gasteiger partial charge in [0.15, 0.2) is 5.82 Å². The van der Waals surface area contributed by atoms with E-state index in [-0.39, 0.29) is 17.5 Å². The van der Waals surface area contributed by atoms with Crippen LogP contribution in [0, 0.1) is 6.92 Å². The Balaban J connectivity index is 1.61. The SMILES string of the molecule is CCc1nc(NC(=O)c2nc(-c3ccn(C)n3)ncc2C)ncc1-c1ccccc1. The highest BCUT2D eigenvalue weighted by Crippen LogP contribution is 2.23. The van der Waals surface area contributed by atoms with Gasteiger partial charge in [-0.05, 0) is 30.5 Å². The summed E-state index contributed by atoms with van der Waals surface area (Å²) < 4.78 is 1.66. The Morgan fingerprint density at radius 1 is 1.07 bits per heavy atom. The van der Waals surface area contributed by atoms with Gasteiger partial charge in [-0.1, -0.05) is 37.3 Å². The van der Waals surface area contributed by atoms with E-state index >= 15 is 0 Å². The summed E-state index contributed by atoms with van der Waals surface area (Å²) in [4.78, 5) is 30.4. The van der Waals surface area contributed by atoms with Crippen LogP contribution < -0.4 is 5.32 Å². The molecule has 0 bridgehead atoms. The van der Waals surface area contributed by atoms with Crippen LogP contribution in [-0.2, 0) is 13.5 Å². The Kier molecular flexibility index (Phi) is 5.30. The van der Waals surface area contributed by atoms with Gasteiger partial charge in [0.05, 0.1) is 5.69 Å². The van der Waals surface area contributed by atoms with Crippen LogP contribution in [0.3, 0.4) is 0 Å². The topological polar surface area (TPSA) is 98.5 Å². The summed E-state index contributed by atoms with van der Waals surface area (Å²) in [5.41, 5.74) is 4.37. The minimum Gasteiger partial charge on any atom is -0.289 e. The molecule has 0 saturated heterocycles. The number of nitrogens with zero attached hydrogens (tertiary/aromatic N) is 6. The molecule has 0 saturated carbocycles. The lowest BCUT2D eigenvalue weighted by atomic mass is 10.0. The largest absolute Gasteiger partial charge is 0.289 e. The molecule has 1 N–H and O–H groups in total. The van der Waals surface area contributed by atoms with Gasteiger partial charge in [-0.3, -0.25) is 14.8 Å². The predicted molar refractivity (Wildman–Crippen MR) is 114 cm³/mol. The van der Waals surface area contributed by atoms with Crippen molar-refractivity contribution in [3.05, 3.63) is 71.9 Å². The molecule has 0 aliphatic rings. The van der Waals surface area contributed by atoms with Gasteiger partial charge in [-0.25, -0.2) is 19.9 Å². The number of aromatic nitrogens is 6. The van der Waals surface area contributed by atoms with Crippen LogP contribution in [0.5, 0.6) is 0 Å². The van der Waals surface area contributed by atoms with E-state index in [1.165, 1.54) is 0 Å². The number of amides is 1. The molecule has 4 aromatic rings. The van der Waals surface area contributed by atoms with Crippen molar-refractivity contribution in [3.8, 4) is 22.6 Å². The highest BCUT2D eigenvalue weighted by Gasteiger charge is 2.17. The molecule has 8 nitrogen and oxygen atoms in total. The summed E-state index contributed by atoms with van der Waals surface area (Å²) in [7, 11) is 1.81. The number of carbonyl (C=O) groups is 1. The van der Waals surface area contributed by atoms with E-state index in [2.05, 4.69) is 30.4 Å². The second kappa shape index (κ2) is 8.20. The van der Waals surface area contributed by atoms with E-state index in [4.69, 9.17) is 0 Å². The van der Waals surface area contributed by atoms with Gasteiger partial charge in [0.2, 0.25) is 5.95 Å². The van der Waals surface area contributed by atoms with Gasteiger partial charge < -0.3 is 0 Å². The summed E-state index contributed by atoms with van der Waals surface area (Å²) in [5, 5.41) is 7.05. The molecule has 0 atom stereocenters. The Morgan fingerprint density at radius 3 is 2.57 bits per heavy atom. The molecule has 0 aliphatic heterocycles. The monoisotopic (exact) mass is 399 g/mol. The summed E-state index contributed by atoms with van der Waals surface area (Å²) >= 11 is 0. The summed E-state index contributed by atoms with van der Waals surface area (Å²) in [6.45, 7) is 3.81. The van der Waals surface area contributed by atoms with Gasteiger partial charge in [0, 0.05) is 31.2 Å². The fourth-order valence-corrected chi connectivity index (χ4v) is 3.10. The molecule has 1 amide bonds. The third-order valence-electron chi connectivity index (χ3n) is 4.64. The summed E-state index contributed by atoms with van der Waals surface area (Å²) in [6, 6.07) is 11.7. The number of anilines is 1. The van der Waals surface area contributed by atoms with Crippen molar-refractivity contribution in [1.82, 2.24) is 29.7 Å². The average Bonchev–Trinajstić information content (AvgIpc) is 3.20. The van der Waals surface area contributed by atoms with Gasteiger partial charge in [-0.15, -0.1) is 0 Å². The first kappa shape index (κ1) is 19.4. The van der Waals surface area contributed by atoms with Crippen molar-refractivity contribution in [1.29, 1.82) is 0 Å². The highest BCUT2D eigenvalue weighted by molar-refractivity contribution is 6.03. The van der Waals surface area contributed by atoms with Crippen molar-refractivity contribution < 1.29 is 4.79 Å². The van der Waals surface area contributed by atoms with Gasteiger partial charge in [0.25, 0.3) is 5.91 Å². The number of carbonyl (C=O) groups excluding carboxylic acids is 1. The van der Waals surface area contributed by atoms with Crippen molar-refractivity contribution >= 4 is 11.9 Å². The zero-order chi connectivity index (χ0) is 21.1. The van der Waals surface area contributed by atoms with Crippen molar-refractivity contribution in [2.24, 2.45) is 7.05 Å². The Hall–Kier alpha value is -3.94. The molecule has 0 fully saturated rings. The van der Waals surface area contributed by atoms with Gasteiger partial charge in [0.1, 0.15) is 11.4 Å². The number of nitrogens with one attached hydrogen (secondary N) is 1. The molecule has 8 heteroatoms. The van der Waals surface area contributed by atoms with Crippen molar-refractivity contribution in [3.63, 3.8) is 0 Å². The molecule has 0 spiro atoms. The van der Waals surface area contributed by atoms with E-state index in [9.17, 15) is 4.79 Å². The fourth-order valence-electron chi connectivity index (χ4n) is 3.10. The molecule has 3 heterocycles. The second-order valence-corrected chi connectivity index (χ2v) is 6.83. The van der Waals surface area contributed by atoms with Crippen molar-refractivity contribution in [2.75, 3.05) is 5.32 Å². The lowest BCUT2D eigenvalue weighted by molar-refractivity contribution is 0.102. The van der Waals surface area contributed by atoms with Crippen LogP contribution in [0.15, 0.2) is 55.0 Å². The van der Waals surface area contributed by atoms with Gasteiger partial charge in [-0.2, -0.15) is 5.10 Å². The number of hydrogen-bond donors (Lipinski definition) is 1. The second-order valence-electron chi connectivity index (χ2n) is 6.83. The van der Waals surface area contributed by atoms with Crippen LogP contribution in [0.2, 0.25) is 0 Å². The number of rotatable bonds is 5. The van der Waals surface area contributed by atoms with E-state index < -0.39 is 0 Å². The zero-order valence-electron chi connectivity index (χ0n) is 17.0. The molecular formula is C22H21N7O. The molecule has 30 heavy (non-hydrogen) atoms. The Morgan fingerprint density at radius 2 is 1.87 bits per heavy atom.